The fourth-order valence-corrected chi connectivity index (χ4v) is 3.26. The van der Waals surface area contributed by atoms with E-state index in [4.69, 9.17) is 4.74 Å². The average Bonchev–Trinajstić information content (AvgIpc) is 3.24. The summed E-state index contributed by atoms with van der Waals surface area (Å²) >= 11 is 0. The van der Waals surface area contributed by atoms with E-state index in [1.165, 1.54) is 6.20 Å². The normalized spacial score (nSPS) is 13.7. The lowest BCUT2D eigenvalue weighted by Crippen LogP contribution is -2.24. The molecule has 0 saturated carbocycles. The van der Waals surface area contributed by atoms with Crippen LogP contribution in [0.15, 0.2) is 48.9 Å². The van der Waals surface area contributed by atoms with Crippen molar-refractivity contribution < 1.29 is 22.7 Å². The van der Waals surface area contributed by atoms with Gasteiger partial charge in [-0.05, 0) is 22.8 Å². The van der Waals surface area contributed by atoms with E-state index in [1.807, 2.05) is 37.5 Å². The molecular formula is C20H17F3N4O2. The highest BCUT2D eigenvalue weighted by molar-refractivity contribution is 6.00. The predicted octanol–water partition coefficient (Wildman–Crippen LogP) is 3.58. The Labute approximate surface area is 164 Å². The van der Waals surface area contributed by atoms with E-state index in [2.05, 4.69) is 10.1 Å². The number of alkyl halides is 3. The molecule has 0 spiro atoms. The fraction of sp³-hybridized carbons (Fsp3) is 0.250. The zero-order valence-corrected chi connectivity index (χ0v) is 15.5. The number of nitrogens with zero attached hydrogens (tertiary/aromatic N) is 4. The molecule has 3 heterocycles. The maximum Gasteiger partial charge on any atom is 0.422 e. The molecule has 1 aliphatic rings. The van der Waals surface area contributed by atoms with Crippen LogP contribution >= 0.6 is 0 Å². The van der Waals surface area contributed by atoms with E-state index in [-0.39, 0.29) is 17.4 Å². The van der Waals surface area contributed by atoms with Crippen LogP contribution in [0.5, 0.6) is 5.88 Å². The van der Waals surface area contributed by atoms with Crippen LogP contribution in [-0.2, 0) is 20.1 Å². The summed E-state index contributed by atoms with van der Waals surface area (Å²) in [5.74, 6) is -0.666. The Morgan fingerprint density at radius 1 is 1.14 bits per heavy atom. The van der Waals surface area contributed by atoms with Crippen molar-refractivity contribution in [2.24, 2.45) is 7.05 Å². The number of aromatic nitrogens is 3. The molecule has 0 atom stereocenters. The summed E-state index contributed by atoms with van der Waals surface area (Å²) in [6.07, 6.45) is 0.530. The first-order valence-corrected chi connectivity index (χ1v) is 8.85. The van der Waals surface area contributed by atoms with E-state index in [0.29, 0.717) is 18.7 Å². The molecule has 2 aromatic heterocycles. The Bertz CT molecular complexity index is 1040. The van der Waals surface area contributed by atoms with Gasteiger partial charge in [0.05, 0.1) is 6.20 Å². The molecule has 1 aliphatic heterocycles. The topological polar surface area (TPSA) is 60.2 Å². The van der Waals surface area contributed by atoms with Gasteiger partial charge in [-0.2, -0.15) is 18.3 Å². The first-order chi connectivity index (χ1) is 13.8. The zero-order chi connectivity index (χ0) is 20.6. The fourth-order valence-electron chi connectivity index (χ4n) is 3.26. The van der Waals surface area contributed by atoms with Gasteiger partial charge in [0.15, 0.2) is 6.61 Å². The van der Waals surface area contributed by atoms with Gasteiger partial charge in [-0.1, -0.05) is 24.3 Å². The summed E-state index contributed by atoms with van der Waals surface area (Å²) in [4.78, 5) is 18.1. The minimum absolute atomic E-state index is 0.101. The van der Waals surface area contributed by atoms with Gasteiger partial charge < -0.3 is 9.64 Å². The highest BCUT2D eigenvalue weighted by atomic mass is 19.4. The molecular weight excluding hydrogens is 385 g/mol. The summed E-state index contributed by atoms with van der Waals surface area (Å²) in [6, 6.07) is 9.34. The molecule has 29 heavy (non-hydrogen) atoms. The molecule has 0 saturated heterocycles. The Morgan fingerprint density at radius 3 is 2.55 bits per heavy atom. The smallest absolute Gasteiger partial charge is 0.422 e. The van der Waals surface area contributed by atoms with E-state index in [0.717, 1.165) is 16.7 Å². The molecule has 0 unspecified atom stereocenters. The molecule has 0 fully saturated rings. The van der Waals surface area contributed by atoms with Crippen LogP contribution in [-0.4, -0.2) is 38.4 Å². The zero-order valence-electron chi connectivity index (χ0n) is 15.5. The minimum Gasteiger partial charge on any atom is -0.467 e. The van der Waals surface area contributed by atoms with Crippen molar-refractivity contribution in [1.29, 1.82) is 0 Å². The third kappa shape index (κ3) is 4.08. The molecule has 0 bridgehead atoms. The summed E-state index contributed by atoms with van der Waals surface area (Å²) < 4.78 is 43.8. The van der Waals surface area contributed by atoms with Gasteiger partial charge in [-0.3, -0.25) is 9.48 Å². The maximum atomic E-state index is 12.8. The van der Waals surface area contributed by atoms with Gasteiger partial charge in [-0.15, -0.1) is 0 Å². The first-order valence-electron chi connectivity index (χ1n) is 8.85. The molecule has 3 aromatic rings. The predicted molar refractivity (Wildman–Crippen MR) is 98.0 cm³/mol. The van der Waals surface area contributed by atoms with Gasteiger partial charge >= 0.3 is 6.18 Å². The summed E-state index contributed by atoms with van der Waals surface area (Å²) in [6.45, 7) is -0.859. The number of carbonyl (C=O) groups is 1. The van der Waals surface area contributed by atoms with Gasteiger partial charge in [0.25, 0.3) is 5.91 Å². The third-order valence-electron chi connectivity index (χ3n) is 4.60. The van der Waals surface area contributed by atoms with Gasteiger partial charge in [-0.25, -0.2) is 4.98 Å². The molecule has 0 radical (unpaired) electrons. The lowest BCUT2D eigenvalue weighted by atomic mass is 10.1. The lowest BCUT2D eigenvalue weighted by molar-refractivity contribution is -0.154. The third-order valence-corrected chi connectivity index (χ3v) is 4.60. The van der Waals surface area contributed by atoms with Crippen molar-refractivity contribution >= 4 is 5.91 Å². The Hall–Kier alpha value is -3.36. The van der Waals surface area contributed by atoms with Crippen LogP contribution in [0.1, 0.15) is 21.5 Å². The van der Waals surface area contributed by atoms with Crippen LogP contribution in [0.2, 0.25) is 0 Å². The van der Waals surface area contributed by atoms with Crippen molar-refractivity contribution in [3.8, 4) is 17.0 Å². The Balaban J connectivity index is 1.48. The number of amides is 1. The van der Waals surface area contributed by atoms with Crippen molar-refractivity contribution in [3.05, 3.63) is 65.6 Å². The number of rotatable bonds is 5. The largest absolute Gasteiger partial charge is 0.467 e. The number of pyridine rings is 1. The second-order valence-corrected chi connectivity index (χ2v) is 6.81. The molecule has 0 N–H and O–H groups in total. The van der Waals surface area contributed by atoms with E-state index in [1.54, 1.807) is 21.8 Å². The number of hydrogen-bond donors (Lipinski definition) is 0. The van der Waals surface area contributed by atoms with E-state index in [9.17, 15) is 18.0 Å². The van der Waals surface area contributed by atoms with Gasteiger partial charge in [0.1, 0.15) is 5.56 Å². The number of halogens is 3. The highest BCUT2D eigenvalue weighted by Gasteiger charge is 2.34. The van der Waals surface area contributed by atoms with Gasteiger partial charge in [0, 0.05) is 38.1 Å². The number of aryl methyl sites for hydroxylation is 1. The van der Waals surface area contributed by atoms with Crippen LogP contribution in [0.4, 0.5) is 13.2 Å². The standard InChI is InChI=1S/C20H17F3N4O2/c1-26-10-16(8-25-26)14-4-2-13(3-5-14)9-27-11-15-6-7-24-18(17(15)19(27)28)29-12-20(21,22)23/h2-8,10H,9,11-12H2,1H3. The maximum absolute atomic E-state index is 12.8. The second kappa shape index (κ2) is 7.23. The highest BCUT2D eigenvalue weighted by Crippen LogP contribution is 2.31. The number of benzene rings is 1. The molecule has 6 nitrogen and oxygen atoms in total. The van der Waals surface area contributed by atoms with Crippen molar-refractivity contribution in [2.75, 3.05) is 6.61 Å². The van der Waals surface area contributed by atoms with Crippen molar-refractivity contribution in [3.63, 3.8) is 0 Å². The van der Waals surface area contributed by atoms with E-state index >= 15 is 0 Å². The van der Waals surface area contributed by atoms with Crippen molar-refractivity contribution in [1.82, 2.24) is 19.7 Å². The van der Waals surface area contributed by atoms with Crippen LogP contribution in [0.3, 0.4) is 0 Å². The molecule has 150 valence electrons. The summed E-state index contributed by atoms with van der Waals surface area (Å²) in [7, 11) is 1.84. The lowest BCUT2D eigenvalue weighted by Gasteiger charge is -2.16. The van der Waals surface area contributed by atoms with Crippen LogP contribution in [0.25, 0.3) is 11.1 Å². The first kappa shape index (κ1) is 19.0. The molecule has 0 aliphatic carbocycles. The minimum atomic E-state index is -4.50. The number of carbonyl (C=O) groups excluding carboxylic acids is 1. The molecule has 9 heteroatoms. The summed E-state index contributed by atoms with van der Waals surface area (Å²) in [5.41, 5.74) is 3.61. The number of fused-ring (bicyclic) bond motifs is 1. The quantitative estimate of drug-likeness (QED) is 0.655. The monoisotopic (exact) mass is 402 g/mol. The number of ether oxygens (including phenoxy) is 1. The number of hydrogen-bond acceptors (Lipinski definition) is 4. The van der Waals surface area contributed by atoms with E-state index < -0.39 is 12.8 Å². The van der Waals surface area contributed by atoms with Gasteiger partial charge in [0.2, 0.25) is 5.88 Å². The van der Waals surface area contributed by atoms with Crippen LogP contribution in [0, 0.1) is 0 Å². The Morgan fingerprint density at radius 2 is 1.90 bits per heavy atom. The molecule has 1 aromatic carbocycles. The molecule has 1 amide bonds. The second-order valence-electron chi connectivity index (χ2n) is 6.81. The summed E-state index contributed by atoms with van der Waals surface area (Å²) in [5, 5.41) is 4.15. The molecule has 4 rings (SSSR count). The average molecular weight is 402 g/mol. The van der Waals surface area contributed by atoms with Crippen LogP contribution < -0.4 is 4.74 Å². The van der Waals surface area contributed by atoms with Crippen molar-refractivity contribution in [2.45, 2.75) is 19.3 Å². The Kier molecular flexibility index (Phi) is 4.73. The SMILES string of the molecule is Cn1cc(-c2ccc(CN3Cc4ccnc(OCC(F)(F)F)c4C3=O)cc2)cn1.